The number of aromatic nitrogens is 2. The van der Waals surface area contributed by atoms with E-state index in [0.717, 1.165) is 5.56 Å². The van der Waals surface area contributed by atoms with E-state index in [9.17, 15) is 4.79 Å². The number of H-pyrrole nitrogens is 1. The summed E-state index contributed by atoms with van der Waals surface area (Å²) in [7, 11) is 0. The molecule has 0 aliphatic carbocycles. The topological polar surface area (TPSA) is 83.8 Å². The minimum absolute atomic E-state index is 0.273. The lowest BCUT2D eigenvalue weighted by molar-refractivity contribution is 0.102. The molecule has 2 rings (SSSR count). The maximum atomic E-state index is 11.8. The summed E-state index contributed by atoms with van der Waals surface area (Å²) < 4.78 is 0. The van der Waals surface area contributed by atoms with Crippen LogP contribution in [-0.2, 0) is 0 Å². The van der Waals surface area contributed by atoms with Crippen LogP contribution < -0.4 is 11.1 Å². The van der Waals surface area contributed by atoms with Crippen LogP contribution in [-0.4, -0.2) is 15.9 Å². The van der Waals surface area contributed by atoms with Crippen LogP contribution in [0.2, 0.25) is 5.15 Å². The first-order chi connectivity index (χ1) is 8.06. The summed E-state index contributed by atoms with van der Waals surface area (Å²) in [6.45, 7) is 1.82. The Labute approximate surface area is 103 Å². The van der Waals surface area contributed by atoms with Gasteiger partial charge in [-0.3, -0.25) is 4.79 Å². The molecular weight excluding hydrogens is 240 g/mol. The number of nitrogens with two attached hydrogens (primary N) is 1. The number of halogens is 1. The van der Waals surface area contributed by atoms with Crippen molar-refractivity contribution in [1.82, 2.24) is 9.97 Å². The third-order valence-corrected chi connectivity index (χ3v) is 2.62. The third-order valence-electron chi connectivity index (χ3n) is 2.22. The van der Waals surface area contributed by atoms with Gasteiger partial charge in [-0.05, 0) is 24.6 Å². The molecule has 88 valence electrons. The van der Waals surface area contributed by atoms with Crippen LogP contribution >= 0.6 is 11.6 Å². The van der Waals surface area contributed by atoms with Crippen molar-refractivity contribution in [3.05, 3.63) is 40.9 Å². The van der Waals surface area contributed by atoms with E-state index in [1.54, 1.807) is 18.3 Å². The third kappa shape index (κ3) is 2.57. The lowest BCUT2D eigenvalue weighted by atomic mass is 10.3. The summed E-state index contributed by atoms with van der Waals surface area (Å²) in [6.07, 6.45) is 3.06. The Bertz CT molecular complexity index is 564. The van der Waals surface area contributed by atoms with Gasteiger partial charge in [-0.15, -0.1) is 0 Å². The molecule has 0 saturated carbocycles. The number of carbonyl (C=O) groups excluding carboxylic acids is 1. The molecule has 2 heterocycles. The molecule has 0 atom stereocenters. The van der Waals surface area contributed by atoms with Crippen molar-refractivity contribution >= 4 is 28.9 Å². The van der Waals surface area contributed by atoms with Crippen LogP contribution in [0.5, 0.6) is 0 Å². The Hall–Kier alpha value is -2.01. The number of hydrogen-bond donors (Lipinski definition) is 3. The lowest BCUT2D eigenvalue weighted by Crippen LogP contribution is -2.12. The van der Waals surface area contributed by atoms with Crippen LogP contribution in [0.1, 0.15) is 16.1 Å². The zero-order valence-corrected chi connectivity index (χ0v) is 9.88. The Morgan fingerprint density at radius 3 is 2.88 bits per heavy atom. The fourth-order valence-corrected chi connectivity index (χ4v) is 1.47. The highest BCUT2D eigenvalue weighted by Gasteiger charge is 2.08. The van der Waals surface area contributed by atoms with Gasteiger partial charge in [0.15, 0.2) is 0 Å². The van der Waals surface area contributed by atoms with Crippen LogP contribution in [0.3, 0.4) is 0 Å². The molecule has 0 spiro atoms. The molecule has 0 unspecified atom stereocenters. The van der Waals surface area contributed by atoms with Gasteiger partial charge >= 0.3 is 0 Å². The second kappa shape index (κ2) is 4.47. The zero-order valence-electron chi connectivity index (χ0n) is 9.12. The number of hydrogen-bond acceptors (Lipinski definition) is 3. The highest BCUT2D eigenvalue weighted by atomic mass is 35.5. The summed E-state index contributed by atoms with van der Waals surface area (Å²) >= 11 is 5.79. The highest BCUT2D eigenvalue weighted by Crippen LogP contribution is 2.16. The molecule has 0 aliphatic rings. The van der Waals surface area contributed by atoms with Crippen molar-refractivity contribution in [2.45, 2.75) is 6.92 Å². The van der Waals surface area contributed by atoms with E-state index in [4.69, 9.17) is 17.3 Å². The first-order valence-electron chi connectivity index (χ1n) is 4.93. The molecule has 0 bridgehead atoms. The van der Waals surface area contributed by atoms with E-state index >= 15 is 0 Å². The van der Waals surface area contributed by atoms with Gasteiger partial charge in [0.05, 0.1) is 11.9 Å². The van der Waals surface area contributed by atoms with Gasteiger partial charge in [0, 0.05) is 11.9 Å². The summed E-state index contributed by atoms with van der Waals surface area (Å²) in [5.74, 6) is -0.273. The number of nitrogens with one attached hydrogen (secondary N) is 2. The molecule has 5 nitrogen and oxygen atoms in total. The van der Waals surface area contributed by atoms with Gasteiger partial charge in [-0.25, -0.2) is 4.98 Å². The predicted octanol–water partition coefficient (Wildman–Crippen LogP) is 2.21. The first kappa shape index (κ1) is 11.5. The van der Waals surface area contributed by atoms with E-state index in [1.807, 2.05) is 6.92 Å². The van der Waals surface area contributed by atoms with E-state index in [0.29, 0.717) is 22.2 Å². The van der Waals surface area contributed by atoms with Crippen molar-refractivity contribution in [1.29, 1.82) is 0 Å². The van der Waals surface area contributed by atoms with Gasteiger partial charge in [-0.2, -0.15) is 0 Å². The number of nitrogen functional groups attached to an aromatic ring is 1. The second-order valence-corrected chi connectivity index (χ2v) is 3.99. The van der Waals surface area contributed by atoms with Crippen LogP contribution in [0, 0.1) is 6.92 Å². The van der Waals surface area contributed by atoms with E-state index in [2.05, 4.69) is 15.3 Å². The average Bonchev–Trinajstić information content (AvgIpc) is 2.70. The lowest BCUT2D eigenvalue weighted by Gasteiger charge is -2.04. The number of rotatable bonds is 2. The molecule has 6 heteroatoms. The molecular formula is C11H11ClN4O. The number of pyridine rings is 1. The van der Waals surface area contributed by atoms with Gasteiger partial charge in [0.25, 0.3) is 5.91 Å². The highest BCUT2D eigenvalue weighted by molar-refractivity contribution is 6.30. The number of anilines is 2. The maximum absolute atomic E-state index is 11.8. The van der Waals surface area contributed by atoms with Crippen molar-refractivity contribution in [3.63, 3.8) is 0 Å². The summed E-state index contributed by atoms with van der Waals surface area (Å²) in [6, 6.07) is 3.31. The number of aromatic amines is 1. The molecule has 0 aromatic carbocycles. The molecule has 2 aromatic rings. The Kier molecular flexibility index (Phi) is 3.01. The van der Waals surface area contributed by atoms with E-state index < -0.39 is 0 Å². The quantitative estimate of drug-likeness (QED) is 0.715. The van der Waals surface area contributed by atoms with Crippen molar-refractivity contribution in [2.75, 3.05) is 11.1 Å². The predicted molar refractivity (Wildman–Crippen MR) is 67.1 cm³/mol. The van der Waals surface area contributed by atoms with Gasteiger partial charge in [0.1, 0.15) is 10.8 Å². The minimum atomic E-state index is -0.273. The molecule has 0 saturated heterocycles. The number of carbonyl (C=O) groups is 1. The van der Waals surface area contributed by atoms with E-state index in [1.165, 1.54) is 6.20 Å². The molecule has 0 aliphatic heterocycles. The van der Waals surface area contributed by atoms with Gasteiger partial charge in [-0.1, -0.05) is 11.6 Å². The molecule has 4 N–H and O–H groups in total. The van der Waals surface area contributed by atoms with Crippen molar-refractivity contribution in [3.8, 4) is 0 Å². The largest absolute Gasteiger partial charge is 0.397 e. The van der Waals surface area contributed by atoms with Crippen LogP contribution in [0.25, 0.3) is 0 Å². The summed E-state index contributed by atoms with van der Waals surface area (Å²) in [5, 5.41) is 3.12. The Balaban J connectivity index is 2.15. The van der Waals surface area contributed by atoms with Crippen molar-refractivity contribution < 1.29 is 4.79 Å². The standard InChI is InChI=1S/C11H11ClN4O/c1-6-2-8(5-15-10(6)12)16-11(17)9-3-7(13)4-14-9/h2-5,14H,13H2,1H3,(H,16,17). The normalized spacial score (nSPS) is 10.2. The molecule has 0 fully saturated rings. The van der Waals surface area contributed by atoms with E-state index in [-0.39, 0.29) is 5.91 Å². The number of nitrogens with zero attached hydrogens (tertiary/aromatic N) is 1. The summed E-state index contributed by atoms with van der Waals surface area (Å²) in [4.78, 5) is 18.5. The molecule has 0 radical (unpaired) electrons. The summed E-state index contributed by atoms with van der Waals surface area (Å²) in [5.41, 5.74) is 7.81. The van der Waals surface area contributed by atoms with Crippen molar-refractivity contribution in [2.24, 2.45) is 0 Å². The molecule has 2 aromatic heterocycles. The second-order valence-electron chi connectivity index (χ2n) is 3.63. The maximum Gasteiger partial charge on any atom is 0.272 e. The van der Waals surface area contributed by atoms with Crippen LogP contribution in [0.15, 0.2) is 24.5 Å². The Morgan fingerprint density at radius 2 is 2.29 bits per heavy atom. The molecule has 17 heavy (non-hydrogen) atoms. The monoisotopic (exact) mass is 250 g/mol. The fourth-order valence-electron chi connectivity index (χ4n) is 1.37. The Morgan fingerprint density at radius 1 is 1.53 bits per heavy atom. The zero-order chi connectivity index (χ0) is 12.4. The van der Waals surface area contributed by atoms with Crippen LogP contribution in [0.4, 0.5) is 11.4 Å². The van der Waals surface area contributed by atoms with Gasteiger partial charge in [0.2, 0.25) is 0 Å². The SMILES string of the molecule is Cc1cc(NC(=O)c2cc(N)c[nH]2)cnc1Cl. The number of amides is 1. The average molecular weight is 251 g/mol. The fraction of sp³-hybridized carbons (Fsp3) is 0.0909. The number of aryl methyl sites for hydroxylation is 1. The first-order valence-corrected chi connectivity index (χ1v) is 5.31. The smallest absolute Gasteiger partial charge is 0.272 e. The van der Waals surface area contributed by atoms with Gasteiger partial charge < -0.3 is 16.0 Å². The molecule has 1 amide bonds. The minimum Gasteiger partial charge on any atom is -0.397 e.